The average molecular weight is 453 g/mol. The van der Waals surface area contributed by atoms with Gasteiger partial charge < -0.3 is 5.11 Å². The van der Waals surface area contributed by atoms with Gasteiger partial charge in [-0.2, -0.15) is 18.3 Å². The van der Waals surface area contributed by atoms with Crippen molar-refractivity contribution >= 4 is 5.78 Å². The van der Waals surface area contributed by atoms with Crippen LogP contribution in [0.3, 0.4) is 0 Å². The highest BCUT2D eigenvalue weighted by atomic mass is 19.4. The molecule has 5 rings (SSSR count). The molecule has 0 aliphatic heterocycles. The van der Waals surface area contributed by atoms with Crippen molar-refractivity contribution in [3.8, 4) is 0 Å². The second-order valence-corrected chi connectivity index (χ2v) is 11.7. The molecular weight excluding hydrogens is 417 g/mol. The van der Waals surface area contributed by atoms with E-state index in [1.165, 1.54) is 12.8 Å². The standard InChI is InChI=1S/C25H35F3N2O2/c1-23(32)9-7-17-15(11-23)3-4-19-18(17)8-10-24(2)20(19)5-6-21(24)22(31)14-30-13-16(12-29-30)25(26,27)28/h12-13,15,17-21,32H,3-11,14H2,1-2H3/t15-,17+,18-,19-,20+,21-,23-,24+/m1/s1. The molecule has 4 aliphatic carbocycles. The minimum Gasteiger partial charge on any atom is -0.390 e. The number of hydrogen-bond acceptors (Lipinski definition) is 3. The lowest BCUT2D eigenvalue weighted by molar-refractivity contribution is -0.138. The number of Topliss-reactive ketones (excluding diaryl/α,β-unsaturated/α-hetero) is 1. The van der Waals surface area contributed by atoms with Gasteiger partial charge in [-0.25, -0.2) is 0 Å². The molecule has 1 aromatic heterocycles. The number of fused-ring (bicyclic) bond motifs is 5. The topological polar surface area (TPSA) is 55.1 Å². The van der Waals surface area contributed by atoms with Crippen molar-refractivity contribution in [2.45, 2.75) is 90.0 Å². The van der Waals surface area contributed by atoms with E-state index in [2.05, 4.69) is 12.0 Å². The van der Waals surface area contributed by atoms with Crippen LogP contribution in [-0.2, 0) is 17.5 Å². The quantitative estimate of drug-likeness (QED) is 0.660. The Hall–Kier alpha value is -1.37. The summed E-state index contributed by atoms with van der Waals surface area (Å²) in [7, 11) is 0. The Labute approximate surface area is 187 Å². The third-order valence-electron chi connectivity index (χ3n) is 9.90. The monoisotopic (exact) mass is 452 g/mol. The van der Waals surface area contributed by atoms with Crippen molar-refractivity contribution in [2.24, 2.45) is 40.9 Å². The third-order valence-corrected chi connectivity index (χ3v) is 9.90. The molecule has 0 spiro atoms. The number of alkyl halides is 3. The van der Waals surface area contributed by atoms with Crippen molar-refractivity contribution in [3.05, 3.63) is 18.0 Å². The van der Waals surface area contributed by atoms with E-state index in [1.807, 2.05) is 6.92 Å². The Morgan fingerprint density at radius 2 is 1.84 bits per heavy atom. The van der Waals surface area contributed by atoms with E-state index in [1.54, 1.807) is 0 Å². The summed E-state index contributed by atoms with van der Waals surface area (Å²) in [6.07, 6.45) is 6.69. The van der Waals surface area contributed by atoms with Crippen LogP contribution in [0.15, 0.2) is 12.4 Å². The molecule has 0 unspecified atom stereocenters. The molecule has 0 bridgehead atoms. The third kappa shape index (κ3) is 3.72. The Morgan fingerprint density at radius 3 is 2.56 bits per heavy atom. The van der Waals surface area contributed by atoms with Crippen LogP contribution in [0.25, 0.3) is 0 Å². The maximum absolute atomic E-state index is 13.2. The molecule has 178 valence electrons. The molecule has 4 aliphatic rings. The highest BCUT2D eigenvalue weighted by Gasteiger charge is 2.58. The first kappa shape index (κ1) is 22.4. The summed E-state index contributed by atoms with van der Waals surface area (Å²) >= 11 is 0. The molecule has 0 amide bonds. The smallest absolute Gasteiger partial charge is 0.390 e. The van der Waals surface area contributed by atoms with Crippen LogP contribution >= 0.6 is 0 Å². The van der Waals surface area contributed by atoms with Crippen molar-refractivity contribution in [3.63, 3.8) is 0 Å². The minimum absolute atomic E-state index is 0.0349. The summed E-state index contributed by atoms with van der Waals surface area (Å²) in [5.74, 6) is 3.17. The lowest BCUT2D eigenvalue weighted by atomic mass is 9.49. The highest BCUT2D eigenvalue weighted by Crippen LogP contribution is 2.64. The fraction of sp³-hybridized carbons (Fsp3) is 0.840. The average Bonchev–Trinajstić information content (AvgIpc) is 3.30. The van der Waals surface area contributed by atoms with E-state index in [0.717, 1.165) is 62.0 Å². The Kier molecular flexibility index (Phi) is 5.31. The molecule has 0 radical (unpaired) electrons. The zero-order valence-corrected chi connectivity index (χ0v) is 19.1. The van der Waals surface area contributed by atoms with E-state index in [0.29, 0.717) is 29.6 Å². The number of carbonyl (C=O) groups is 1. The van der Waals surface area contributed by atoms with Gasteiger partial charge in [0.15, 0.2) is 5.78 Å². The van der Waals surface area contributed by atoms with Crippen LogP contribution in [0.4, 0.5) is 13.2 Å². The summed E-state index contributed by atoms with van der Waals surface area (Å²) in [4.78, 5) is 13.2. The van der Waals surface area contributed by atoms with E-state index in [9.17, 15) is 23.1 Å². The number of aliphatic hydroxyl groups is 1. The summed E-state index contributed by atoms with van der Waals surface area (Å²) in [5.41, 5.74) is -1.37. The van der Waals surface area contributed by atoms with Gasteiger partial charge in [0.05, 0.1) is 23.9 Å². The SMILES string of the molecule is C[C@@]1(O)CC[C@H]2[C@H](CC[C@@H]3[C@@H]2CC[C@]2(C)[C@@H](C(=O)Cn4cc(C(F)(F)F)cn4)CC[C@@H]32)C1. The number of halogens is 3. The predicted octanol–water partition coefficient (Wildman–Crippen LogP) is 5.49. The predicted molar refractivity (Wildman–Crippen MR) is 113 cm³/mol. The van der Waals surface area contributed by atoms with Gasteiger partial charge in [0.1, 0.15) is 0 Å². The number of carbonyl (C=O) groups excluding carboxylic acids is 1. The maximum atomic E-state index is 13.2. The molecule has 4 fully saturated rings. The van der Waals surface area contributed by atoms with E-state index in [-0.39, 0.29) is 23.7 Å². The molecule has 32 heavy (non-hydrogen) atoms. The van der Waals surface area contributed by atoms with Crippen LogP contribution in [0, 0.1) is 40.9 Å². The number of ketones is 1. The van der Waals surface area contributed by atoms with E-state index < -0.39 is 17.3 Å². The Bertz CT molecular complexity index is 879. The van der Waals surface area contributed by atoms with Gasteiger partial charge >= 0.3 is 6.18 Å². The molecule has 1 aromatic rings. The molecule has 8 atom stereocenters. The highest BCUT2D eigenvalue weighted by molar-refractivity contribution is 5.82. The van der Waals surface area contributed by atoms with Gasteiger partial charge in [-0.15, -0.1) is 0 Å². The molecule has 7 heteroatoms. The number of aromatic nitrogens is 2. The first-order chi connectivity index (χ1) is 15.0. The number of hydrogen-bond donors (Lipinski definition) is 1. The van der Waals surface area contributed by atoms with Crippen molar-refractivity contribution < 1.29 is 23.1 Å². The second kappa shape index (κ2) is 7.57. The zero-order valence-electron chi connectivity index (χ0n) is 19.1. The van der Waals surface area contributed by atoms with Crippen molar-refractivity contribution in [2.75, 3.05) is 0 Å². The zero-order chi connectivity index (χ0) is 22.9. The van der Waals surface area contributed by atoms with E-state index >= 15 is 0 Å². The lowest BCUT2D eigenvalue weighted by Crippen LogP contribution is -2.51. The van der Waals surface area contributed by atoms with Gasteiger partial charge in [0.2, 0.25) is 0 Å². The van der Waals surface area contributed by atoms with Crippen LogP contribution in [-0.4, -0.2) is 26.3 Å². The lowest BCUT2D eigenvalue weighted by Gasteiger charge is -2.56. The van der Waals surface area contributed by atoms with E-state index in [4.69, 9.17) is 0 Å². The first-order valence-corrected chi connectivity index (χ1v) is 12.3. The Balaban J connectivity index is 1.29. The normalized spacial score (nSPS) is 43.9. The molecule has 0 saturated heterocycles. The Morgan fingerprint density at radius 1 is 1.09 bits per heavy atom. The van der Waals surface area contributed by atoms with Crippen LogP contribution in [0.2, 0.25) is 0 Å². The van der Waals surface area contributed by atoms with Gasteiger partial charge in [0, 0.05) is 12.1 Å². The number of rotatable bonds is 3. The molecular formula is C25H35F3N2O2. The summed E-state index contributed by atoms with van der Waals surface area (Å²) in [6, 6.07) is 0. The molecule has 4 nitrogen and oxygen atoms in total. The van der Waals surface area contributed by atoms with Crippen LogP contribution in [0.5, 0.6) is 0 Å². The summed E-state index contributed by atoms with van der Waals surface area (Å²) < 4.78 is 39.8. The molecule has 4 saturated carbocycles. The van der Waals surface area contributed by atoms with Gasteiger partial charge in [-0.3, -0.25) is 9.48 Å². The van der Waals surface area contributed by atoms with Gasteiger partial charge in [-0.05, 0) is 99.7 Å². The van der Waals surface area contributed by atoms with Gasteiger partial charge in [-0.1, -0.05) is 6.92 Å². The van der Waals surface area contributed by atoms with Crippen LogP contribution in [0.1, 0.15) is 77.2 Å². The van der Waals surface area contributed by atoms with Gasteiger partial charge in [0.25, 0.3) is 0 Å². The fourth-order valence-corrected chi connectivity index (χ4v) is 8.48. The van der Waals surface area contributed by atoms with Crippen molar-refractivity contribution in [1.29, 1.82) is 0 Å². The molecule has 1 N–H and O–H groups in total. The molecule has 0 aromatic carbocycles. The summed E-state index contributed by atoms with van der Waals surface area (Å²) in [6.45, 7) is 4.18. The minimum atomic E-state index is -4.43. The summed E-state index contributed by atoms with van der Waals surface area (Å²) in [5, 5.41) is 14.4. The first-order valence-electron chi connectivity index (χ1n) is 12.3. The second-order valence-electron chi connectivity index (χ2n) is 11.7. The van der Waals surface area contributed by atoms with Crippen LogP contribution < -0.4 is 0 Å². The number of nitrogens with zero attached hydrogens (tertiary/aromatic N) is 2. The van der Waals surface area contributed by atoms with Crippen molar-refractivity contribution in [1.82, 2.24) is 9.78 Å². The molecule has 1 heterocycles. The fourth-order valence-electron chi connectivity index (χ4n) is 8.48. The maximum Gasteiger partial charge on any atom is 0.419 e. The largest absolute Gasteiger partial charge is 0.419 e.